The summed E-state index contributed by atoms with van der Waals surface area (Å²) in [6, 6.07) is 5.16. The monoisotopic (exact) mass is 282 g/mol. The number of hydrogen-bond donors (Lipinski definition) is 2. The summed E-state index contributed by atoms with van der Waals surface area (Å²) in [5, 5.41) is 5.78. The minimum Gasteiger partial charge on any atom is -0.495 e. The van der Waals surface area contributed by atoms with Crippen molar-refractivity contribution in [1.82, 2.24) is 5.32 Å². The van der Waals surface area contributed by atoms with E-state index in [1.165, 1.54) is 7.11 Å². The summed E-state index contributed by atoms with van der Waals surface area (Å²) >= 11 is 5.94. The number of carbonyl (C=O) groups is 2. The van der Waals surface area contributed by atoms with Crippen LogP contribution in [0, 0.1) is 0 Å². The fraction of sp³-hybridized carbons (Fsp3) is 0.385. The zero-order valence-corrected chi connectivity index (χ0v) is 11.3. The molecule has 102 valence electrons. The van der Waals surface area contributed by atoms with Crippen LogP contribution in [-0.2, 0) is 9.59 Å². The second-order valence-electron chi connectivity index (χ2n) is 4.42. The van der Waals surface area contributed by atoms with Gasteiger partial charge in [0, 0.05) is 11.7 Å². The van der Waals surface area contributed by atoms with E-state index in [9.17, 15) is 9.59 Å². The Hall–Kier alpha value is -1.75. The standard InChI is InChI=1S/C13H15ClN2O3/c1-19-11-5-4-9(6-10(11)14)16-13(18)7-12(17)15-8-2-3-8/h4-6,8H,2-3,7H2,1H3,(H,15,17)(H,16,18). The highest BCUT2D eigenvalue weighted by Gasteiger charge is 2.24. The number of carbonyl (C=O) groups excluding carboxylic acids is 2. The maximum atomic E-state index is 11.6. The second kappa shape index (κ2) is 5.93. The zero-order chi connectivity index (χ0) is 13.8. The van der Waals surface area contributed by atoms with E-state index < -0.39 is 0 Å². The van der Waals surface area contributed by atoms with Gasteiger partial charge in [0.15, 0.2) is 0 Å². The smallest absolute Gasteiger partial charge is 0.233 e. The molecule has 1 fully saturated rings. The highest BCUT2D eigenvalue weighted by Crippen LogP contribution is 2.27. The largest absolute Gasteiger partial charge is 0.495 e. The van der Waals surface area contributed by atoms with Crippen molar-refractivity contribution >= 4 is 29.1 Å². The van der Waals surface area contributed by atoms with Gasteiger partial charge in [-0.15, -0.1) is 0 Å². The van der Waals surface area contributed by atoms with Crippen molar-refractivity contribution in [2.24, 2.45) is 0 Å². The van der Waals surface area contributed by atoms with Gasteiger partial charge in [0.1, 0.15) is 12.2 Å². The molecular formula is C13H15ClN2O3. The summed E-state index contributed by atoms with van der Waals surface area (Å²) in [6.45, 7) is 0. The summed E-state index contributed by atoms with van der Waals surface area (Å²) in [6.07, 6.45) is 1.82. The van der Waals surface area contributed by atoms with Crippen LogP contribution in [0.15, 0.2) is 18.2 Å². The van der Waals surface area contributed by atoms with Crippen molar-refractivity contribution in [1.29, 1.82) is 0 Å². The van der Waals surface area contributed by atoms with E-state index in [0.717, 1.165) is 12.8 Å². The Morgan fingerprint density at radius 3 is 2.68 bits per heavy atom. The van der Waals surface area contributed by atoms with Gasteiger partial charge in [-0.1, -0.05) is 11.6 Å². The number of nitrogens with one attached hydrogen (secondary N) is 2. The van der Waals surface area contributed by atoms with Crippen LogP contribution in [-0.4, -0.2) is 25.0 Å². The lowest BCUT2D eigenvalue weighted by molar-refractivity contribution is -0.126. The molecule has 0 spiro atoms. The fourth-order valence-corrected chi connectivity index (χ4v) is 1.86. The van der Waals surface area contributed by atoms with Crippen LogP contribution in [0.5, 0.6) is 5.75 Å². The predicted octanol–water partition coefficient (Wildman–Crippen LogP) is 1.96. The van der Waals surface area contributed by atoms with Gasteiger partial charge in [0.2, 0.25) is 11.8 Å². The Kier molecular flexibility index (Phi) is 4.27. The number of anilines is 1. The lowest BCUT2D eigenvalue weighted by Gasteiger charge is -2.08. The van der Waals surface area contributed by atoms with E-state index in [0.29, 0.717) is 16.5 Å². The topological polar surface area (TPSA) is 67.4 Å². The number of hydrogen-bond acceptors (Lipinski definition) is 3. The van der Waals surface area contributed by atoms with Crippen LogP contribution < -0.4 is 15.4 Å². The molecular weight excluding hydrogens is 268 g/mol. The summed E-state index contributed by atoms with van der Waals surface area (Å²) in [5.41, 5.74) is 0.537. The van der Waals surface area contributed by atoms with E-state index in [4.69, 9.17) is 16.3 Å². The van der Waals surface area contributed by atoms with E-state index in [2.05, 4.69) is 10.6 Å². The van der Waals surface area contributed by atoms with Gasteiger partial charge < -0.3 is 15.4 Å². The molecule has 1 aliphatic rings. The molecule has 2 amide bonds. The molecule has 0 radical (unpaired) electrons. The first-order valence-electron chi connectivity index (χ1n) is 6.01. The van der Waals surface area contributed by atoms with Crippen molar-refractivity contribution in [2.75, 3.05) is 12.4 Å². The number of methoxy groups -OCH3 is 1. The van der Waals surface area contributed by atoms with Gasteiger partial charge in [-0.2, -0.15) is 0 Å². The van der Waals surface area contributed by atoms with Crippen molar-refractivity contribution in [3.05, 3.63) is 23.2 Å². The number of ether oxygens (including phenoxy) is 1. The van der Waals surface area contributed by atoms with E-state index in [1.54, 1.807) is 18.2 Å². The SMILES string of the molecule is COc1ccc(NC(=O)CC(=O)NC2CC2)cc1Cl. The Morgan fingerprint density at radius 2 is 2.11 bits per heavy atom. The van der Waals surface area contributed by atoms with Crippen LogP contribution >= 0.6 is 11.6 Å². The minimum absolute atomic E-state index is 0.180. The van der Waals surface area contributed by atoms with Gasteiger partial charge in [-0.25, -0.2) is 0 Å². The van der Waals surface area contributed by atoms with Gasteiger partial charge >= 0.3 is 0 Å². The van der Waals surface area contributed by atoms with Crippen molar-refractivity contribution < 1.29 is 14.3 Å². The quantitative estimate of drug-likeness (QED) is 0.811. The Balaban J connectivity index is 1.87. The van der Waals surface area contributed by atoms with Crippen molar-refractivity contribution in [3.8, 4) is 5.75 Å². The first-order chi connectivity index (χ1) is 9.08. The maximum absolute atomic E-state index is 11.6. The van der Waals surface area contributed by atoms with E-state index in [1.807, 2.05) is 0 Å². The normalized spacial score (nSPS) is 13.8. The zero-order valence-electron chi connectivity index (χ0n) is 10.5. The lowest BCUT2D eigenvalue weighted by atomic mass is 10.3. The summed E-state index contributed by atoms with van der Waals surface area (Å²) in [5.74, 6) is -0.0786. The van der Waals surface area contributed by atoms with Crippen LogP contribution in [0.4, 0.5) is 5.69 Å². The van der Waals surface area contributed by atoms with E-state index >= 15 is 0 Å². The molecule has 2 N–H and O–H groups in total. The van der Waals surface area contributed by atoms with Gasteiger partial charge in [-0.3, -0.25) is 9.59 Å². The van der Waals surface area contributed by atoms with Crippen LogP contribution in [0.25, 0.3) is 0 Å². The molecule has 2 rings (SSSR count). The molecule has 1 saturated carbocycles. The molecule has 0 atom stereocenters. The highest BCUT2D eigenvalue weighted by molar-refractivity contribution is 6.32. The second-order valence-corrected chi connectivity index (χ2v) is 4.82. The number of benzene rings is 1. The third-order valence-corrected chi connectivity index (χ3v) is 2.99. The molecule has 1 aromatic carbocycles. The highest BCUT2D eigenvalue weighted by atomic mass is 35.5. The van der Waals surface area contributed by atoms with E-state index in [-0.39, 0.29) is 24.3 Å². The van der Waals surface area contributed by atoms with Crippen LogP contribution in [0.1, 0.15) is 19.3 Å². The third kappa shape index (κ3) is 4.13. The molecule has 0 unspecified atom stereocenters. The maximum Gasteiger partial charge on any atom is 0.233 e. The molecule has 19 heavy (non-hydrogen) atoms. The number of amides is 2. The summed E-state index contributed by atoms with van der Waals surface area (Å²) < 4.78 is 5.01. The average molecular weight is 283 g/mol. The summed E-state index contributed by atoms with van der Waals surface area (Å²) in [4.78, 5) is 23.1. The molecule has 0 heterocycles. The van der Waals surface area contributed by atoms with Crippen molar-refractivity contribution in [2.45, 2.75) is 25.3 Å². The van der Waals surface area contributed by atoms with Gasteiger partial charge in [0.05, 0.1) is 12.1 Å². The lowest BCUT2D eigenvalue weighted by Crippen LogP contribution is -2.29. The third-order valence-electron chi connectivity index (χ3n) is 2.70. The fourth-order valence-electron chi connectivity index (χ4n) is 1.60. The summed E-state index contributed by atoms with van der Waals surface area (Å²) in [7, 11) is 1.52. The minimum atomic E-state index is -0.362. The molecule has 1 aromatic rings. The Bertz CT molecular complexity index is 501. The Labute approximate surface area is 116 Å². The van der Waals surface area contributed by atoms with Crippen LogP contribution in [0.3, 0.4) is 0 Å². The van der Waals surface area contributed by atoms with Crippen molar-refractivity contribution in [3.63, 3.8) is 0 Å². The first-order valence-corrected chi connectivity index (χ1v) is 6.39. The number of rotatable bonds is 5. The first kappa shape index (κ1) is 13.7. The molecule has 0 bridgehead atoms. The molecule has 0 aliphatic heterocycles. The Morgan fingerprint density at radius 1 is 1.37 bits per heavy atom. The molecule has 5 nitrogen and oxygen atoms in total. The average Bonchev–Trinajstić information content (AvgIpc) is 3.12. The molecule has 0 saturated heterocycles. The van der Waals surface area contributed by atoms with Gasteiger partial charge in [0.25, 0.3) is 0 Å². The van der Waals surface area contributed by atoms with Crippen LogP contribution in [0.2, 0.25) is 5.02 Å². The molecule has 1 aliphatic carbocycles. The van der Waals surface area contributed by atoms with Gasteiger partial charge in [-0.05, 0) is 31.0 Å². The molecule has 0 aromatic heterocycles. The predicted molar refractivity (Wildman–Crippen MR) is 72.4 cm³/mol. The molecule has 6 heteroatoms. The number of halogens is 1.